The van der Waals surface area contributed by atoms with Crippen molar-refractivity contribution in [1.29, 1.82) is 0 Å². The third-order valence-corrected chi connectivity index (χ3v) is 5.22. The van der Waals surface area contributed by atoms with Gasteiger partial charge in [-0.1, -0.05) is 12.1 Å². The van der Waals surface area contributed by atoms with Crippen molar-refractivity contribution in [3.8, 4) is 0 Å². The smallest absolute Gasteiger partial charge is 0.254 e. The summed E-state index contributed by atoms with van der Waals surface area (Å²) in [7, 11) is 0. The molecule has 0 aromatic heterocycles. The Kier molecular flexibility index (Phi) is 6.32. The molecule has 116 valence electrons. The lowest BCUT2D eigenvalue weighted by atomic mass is 10.0. The highest BCUT2D eigenvalue weighted by Crippen LogP contribution is 2.28. The predicted molar refractivity (Wildman–Crippen MR) is 96.1 cm³/mol. The lowest BCUT2D eigenvalue weighted by Gasteiger charge is -2.32. The first-order valence-corrected chi connectivity index (χ1v) is 8.59. The minimum atomic E-state index is 0. The van der Waals surface area contributed by atoms with Crippen LogP contribution in [0, 0.1) is 9.49 Å². The van der Waals surface area contributed by atoms with Crippen LogP contribution >= 0.6 is 35.0 Å². The number of likely N-dealkylation sites (tertiary alicyclic amines) is 1. The SMILES string of the molecule is Cl.O=C(c1ccccc1I)N1CCC(NCC2CC2)CC1. The van der Waals surface area contributed by atoms with Crippen molar-refractivity contribution in [2.45, 2.75) is 31.7 Å². The van der Waals surface area contributed by atoms with E-state index in [1.807, 2.05) is 29.2 Å². The second-order valence-electron chi connectivity index (χ2n) is 5.90. The second-order valence-corrected chi connectivity index (χ2v) is 7.06. The van der Waals surface area contributed by atoms with Crippen LogP contribution in [0.5, 0.6) is 0 Å². The van der Waals surface area contributed by atoms with Crippen LogP contribution in [0.4, 0.5) is 0 Å². The number of rotatable bonds is 4. The van der Waals surface area contributed by atoms with Crippen LogP contribution in [-0.2, 0) is 0 Å². The van der Waals surface area contributed by atoms with Gasteiger partial charge < -0.3 is 10.2 Å². The van der Waals surface area contributed by atoms with Crippen LogP contribution in [0.3, 0.4) is 0 Å². The van der Waals surface area contributed by atoms with E-state index in [0.717, 1.165) is 41.0 Å². The van der Waals surface area contributed by atoms with Gasteiger partial charge in [-0.3, -0.25) is 4.79 Å². The van der Waals surface area contributed by atoms with Gasteiger partial charge in [0.05, 0.1) is 5.56 Å². The molecule has 1 aliphatic heterocycles. The standard InChI is InChI=1S/C16H21IN2O.ClH/c17-15-4-2-1-3-14(15)16(20)19-9-7-13(8-10-19)18-11-12-5-6-12;/h1-4,12-13,18H,5-11H2;1H. The third kappa shape index (κ3) is 4.57. The van der Waals surface area contributed by atoms with Crippen molar-refractivity contribution in [2.24, 2.45) is 5.92 Å². The van der Waals surface area contributed by atoms with Crippen LogP contribution < -0.4 is 5.32 Å². The van der Waals surface area contributed by atoms with E-state index in [1.54, 1.807) is 0 Å². The molecule has 1 amide bonds. The summed E-state index contributed by atoms with van der Waals surface area (Å²) in [6.45, 7) is 2.94. The molecule has 0 bridgehead atoms. The average Bonchev–Trinajstić information content (AvgIpc) is 3.30. The first kappa shape index (κ1) is 17.0. The predicted octanol–water partition coefficient (Wildman–Crippen LogP) is 3.32. The van der Waals surface area contributed by atoms with Gasteiger partial charge in [-0.25, -0.2) is 0 Å². The second kappa shape index (κ2) is 7.79. The number of halogens is 2. The van der Waals surface area contributed by atoms with Crippen molar-refractivity contribution in [2.75, 3.05) is 19.6 Å². The molecule has 2 fully saturated rings. The van der Waals surface area contributed by atoms with Crippen molar-refractivity contribution >= 4 is 40.9 Å². The van der Waals surface area contributed by atoms with Gasteiger partial charge in [0.15, 0.2) is 0 Å². The molecule has 1 N–H and O–H groups in total. The maximum Gasteiger partial charge on any atom is 0.254 e. The summed E-state index contributed by atoms with van der Waals surface area (Å²) in [6.07, 6.45) is 4.97. The van der Waals surface area contributed by atoms with E-state index < -0.39 is 0 Å². The number of carbonyl (C=O) groups excluding carboxylic acids is 1. The highest BCUT2D eigenvalue weighted by Gasteiger charge is 2.26. The fourth-order valence-corrected chi connectivity index (χ4v) is 3.37. The van der Waals surface area contributed by atoms with Crippen LogP contribution in [0.1, 0.15) is 36.0 Å². The van der Waals surface area contributed by atoms with Crippen molar-refractivity contribution in [3.63, 3.8) is 0 Å². The Morgan fingerprint density at radius 3 is 2.48 bits per heavy atom. The third-order valence-electron chi connectivity index (χ3n) is 4.28. The Labute approximate surface area is 146 Å². The number of hydrogen-bond donors (Lipinski definition) is 1. The van der Waals surface area contributed by atoms with Gasteiger partial charge in [0.1, 0.15) is 0 Å². The zero-order chi connectivity index (χ0) is 13.9. The number of carbonyl (C=O) groups is 1. The van der Waals surface area contributed by atoms with Crippen LogP contribution in [0.2, 0.25) is 0 Å². The fraction of sp³-hybridized carbons (Fsp3) is 0.562. The molecule has 1 aromatic rings. The quantitative estimate of drug-likeness (QED) is 0.758. The van der Waals surface area contributed by atoms with Gasteiger partial charge in [-0.2, -0.15) is 0 Å². The summed E-state index contributed by atoms with van der Waals surface area (Å²) in [5, 5.41) is 3.65. The van der Waals surface area contributed by atoms with Gasteiger partial charge >= 0.3 is 0 Å². The molecule has 0 radical (unpaired) electrons. The summed E-state index contributed by atoms with van der Waals surface area (Å²) in [5.74, 6) is 1.12. The van der Waals surface area contributed by atoms with Gasteiger partial charge in [-0.15, -0.1) is 12.4 Å². The molecule has 1 heterocycles. The number of nitrogens with one attached hydrogen (secondary N) is 1. The summed E-state index contributed by atoms with van der Waals surface area (Å²) >= 11 is 2.24. The molecular formula is C16H22ClIN2O. The fourth-order valence-electron chi connectivity index (χ4n) is 2.75. The molecular weight excluding hydrogens is 399 g/mol. The minimum absolute atomic E-state index is 0. The maximum absolute atomic E-state index is 12.5. The minimum Gasteiger partial charge on any atom is -0.338 e. The number of amides is 1. The van der Waals surface area contributed by atoms with Crippen LogP contribution in [-0.4, -0.2) is 36.5 Å². The van der Waals surface area contributed by atoms with E-state index in [2.05, 4.69) is 27.9 Å². The van der Waals surface area contributed by atoms with Crippen LogP contribution in [0.25, 0.3) is 0 Å². The van der Waals surface area contributed by atoms with Gasteiger partial charge in [0, 0.05) is 22.7 Å². The topological polar surface area (TPSA) is 32.3 Å². The Bertz CT molecular complexity index is 485. The maximum atomic E-state index is 12.5. The molecule has 0 atom stereocenters. The largest absolute Gasteiger partial charge is 0.338 e. The summed E-state index contributed by atoms with van der Waals surface area (Å²) in [6, 6.07) is 8.46. The number of benzene rings is 1. The molecule has 2 aliphatic rings. The molecule has 0 spiro atoms. The normalized spacial score (nSPS) is 19.2. The van der Waals surface area contributed by atoms with E-state index in [0.29, 0.717) is 6.04 Å². The molecule has 5 heteroatoms. The zero-order valence-electron chi connectivity index (χ0n) is 12.1. The summed E-state index contributed by atoms with van der Waals surface area (Å²) in [4.78, 5) is 14.5. The highest BCUT2D eigenvalue weighted by atomic mass is 127. The van der Waals surface area contributed by atoms with E-state index in [9.17, 15) is 4.79 Å². The molecule has 1 aromatic carbocycles. The first-order valence-electron chi connectivity index (χ1n) is 7.51. The van der Waals surface area contributed by atoms with Gasteiger partial charge in [0.2, 0.25) is 0 Å². The Balaban J connectivity index is 0.00000161. The van der Waals surface area contributed by atoms with Crippen LogP contribution in [0.15, 0.2) is 24.3 Å². The van der Waals surface area contributed by atoms with Crippen molar-refractivity contribution in [1.82, 2.24) is 10.2 Å². The molecule has 1 saturated heterocycles. The van der Waals surface area contributed by atoms with Gasteiger partial charge in [-0.05, 0) is 72.9 Å². The number of hydrogen-bond acceptors (Lipinski definition) is 2. The van der Waals surface area contributed by atoms with Gasteiger partial charge in [0.25, 0.3) is 5.91 Å². The molecule has 3 rings (SSSR count). The summed E-state index contributed by atoms with van der Waals surface area (Å²) < 4.78 is 1.05. The lowest BCUT2D eigenvalue weighted by molar-refractivity contribution is 0.0704. The van der Waals surface area contributed by atoms with E-state index in [1.165, 1.54) is 19.4 Å². The Hall–Kier alpha value is -0.330. The Morgan fingerprint density at radius 1 is 1.19 bits per heavy atom. The number of nitrogens with zero attached hydrogens (tertiary/aromatic N) is 1. The van der Waals surface area contributed by atoms with E-state index in [4.69, 9.17) is 0 Å². The highest BCUT2D eigenvalue weighted by molar-refractivity contribution is 14.1. The molecule has 21 heavy (non-hydrogen) atoms. The monoisotopic (exact) mass is 420 g/mol. The molecule has 0 unspecified atom stereocenters. The molecule has 3 nitrogen and oxygen atoms in total. The molecule has 1 saturated carbocycles. The average molecular weight is 421 g/mol. The first-order chi connectivity index (χ1) is 9.74. The summed E-state index contributed by atoms with van der Waals surface area (Å²) in [5.41, 5.74) is 0.845. The molecule has 1 aliphatic carbocycles. The van der Waals surface area contributed by atoms with Crippen molar-refractivity contribution < 1.29 is 4.79 Å². The van der Waals surface area contributed by atoms with Crippen molar-refractivity contribution in [3.05, 3.63) is 33.4 Å². The van der Waals surface area contributed by atoms with E-state index in [-0.39, 0.29) is 18.3 Å². The Morgan fingerprint density at radius 2 is 1.86 bits per heavy atom. The zero-order valence-corrected chi connectivity index (χ0v) is 15.0. The lowest BCUT2D eigenvalue weighted by Crippen LogP contribution is -2.45. The number of piperidine rings is 1. The van der Waals surface area contributed by atoms with E-state index >= 15 is 0 Å².